The smallest absolute Gasteiger partial charge is 0.333 e. The van der Waals surface area contributed by atoms with E-state index in [2.05, 4.69) is 0 Å². The number of hydrogen-bond donors (Lipinski definition) is 2. The van der Waals surface area contributed by atoms with Crippen LogP contribution in [0.4, 0.5) is 0 Å². The average molecular weight is 170 g/mol. The number of carbonyl (C=O) groups is 1. The van der Waals surface area contributed by atoms with E-state index in [0.29, 0.717) is 0 Å². The Bertz CT molecular complexity index is 107. The highest BCUT2D eigenvalue weighted by atomic mass is 35.5. The van der Waals surface area contributed by atoms with E-state index in [9.17, 15) is 4.79 Å². The summed E-state index contributed by atoms with van der Waals surface area (Å²) in [6.45, 7) is 0.162. The second kappa shape index (κ2) is 5.46. The van der Waals surface area contributed by atoms with Crippen LogP contribution >= 0.6 is 12.4 Å². The molecule has 10 heavy (non-hydrogen) atoms. The average Bonchev–Trinajstić information content (AvgIpc) is 1.63. The van der Waals surface area contributed by atoms with E-state index < -0.39 is 12.1 Å². The summed E-state index contributed by atoms with van der Waals surface area (Å²) in [6.07, 6.45) is -1.26. The Balaban J connectivity index is 0. The lowest BCUT2D eigenvalue weighted by Gasteiger charge is -2.10. The van der Waals surface area contributed by atoms with Gasteiger partial charge in [0, 0.05) is 6.54 Å². The van der Waals surface area contributed by atoms with E-state index in [0.717, 1.165) is 0 Å². The molecule has 0 heterocycles. The molecule has 0 saturated carbocycles. The van der Waals surface area contributed by atoms with Gasteiger partial charge in [-0.2, -0.15) is 0 Å². The molecule has 0 amide bonds. The maximum absolute atomic E-state index is 9.96. The van der Waals surface area contributed by atoms with Crippen LogP contribution in [0.25, 0.3) is 0 Å². The summed E-state index contributed by atoms with van der Waals surface area (Å²) in [6, 6.07) is 0. The first kappa shape index (κ1) is 12.4. The molecular weight excluding hydrogens is 158 g/mol. The van der Waals surface area contributed by atoms with Crippen molar-refractivity contribution >= 4 is 18.4 Å². The summed E-state index contributed by atoms with van der Waals surface area (Å²) in [7, 11) is 3.40. The summed E-state index contributed by atoms with van der Waals surface area (Å²) in [4.78, 5) is 11.6. The van der Waals surface area contributed by atoms with Crippen LogP contribution in [0.15, 0.2) is 0 Å². The molecule has 1 unspecified atom stereocenters. The molecule has 5 heteroatoms. The molecule has 0 fully saturated rings. The number of likely N-dealkylation sites (N-methyl/N-ethyl adjacent to an activating group) is 1. The molecule has 0 aliphatic rings. The zero-order valence-electron chi connectivity index (χ0n) is 5.94. The molecule has 0 spiro atoms. The van der Waals surface area contributed by atoms with Gasteiger partial charge < -0.3 is 15.1 Å². The van der Waals surface area contributed by atoms with Crippen LogP contribution in [-0.2, 0) is 4.79 Å². The van der Waals surface area contributed by atoms with Crippen molar-refractivity contribution in [2.75, 3.05) is 20.6 Å². The highest BCUT2D eigenvalue weighted by Crippen LogP contribution is 1.84. The first-order valence-corrected chi connectivity index (χ1v) is 2.59. The molecule has 0 aromatic heterocycles. The molecule has 0 rings (SSSR count). The normalized spacial score (nSPS) is 12.4. The molecule has 0 radical (unpaired) electrons. The van der Waals surface area contributed by atoms with E-state index in [-0.39, 0.29) is 19.0 Å². The lowest BCUT2D eigenvalue weighted by Crippen LogP contribution is -2.32. The van der Waals surface area contributed by atoms with Crippen LogP contribution in [0.1, 0.15) is 0 Å². The number of aliphatic hydroxyl groups is 1. The quantitative estimate of drug-likeness (QED) is 0.593. The van der Waals surface area contributed by atoms with Crippen LogP contribution in [-0.4, -0.2) is 47.8 Å². The van der Waals surface area contributed by atoms with E-state index in [1.807, 2.05) is 0 Å². The van der Waals surface area contributed by atoms with E-state index in [1.165, 1.54) is 0 Å². The van der Waals surface area contributed by atoms with Crippen LogP contribution in [0.3, 0.4) is 0 Å². The molecule has 62 valence electrons. The predicted molar refractivity (Wildman–Crippen MR) is 39.4 cm³/mol. The topological polar surface area (TPSA) is 60.8 Å². The Labute approximate surface area is 65.9 Å². The van der Waals surface area contributed by atoms with Gasteiger partial charge in [0.1, 0.15) is 0 Å². The minimum atomic E-state index is -1.26. The van der Waals surface area contributed by atoms with Gasteiger partial charge in [-0.1, -0.05) is 0 Å². The van der Waals surface area contributed by atoms with Crippen LogP contribution in [0.2, 0.25) is 0 Å². The number of aliphatic carboxylic acids is 1. The van der Waals surface area contributed by atoms with Gasteiger partial charge in [0.15, 0.2) is 6.10 Å². The molecule has 0 aliphatic carbocycles. The molecule has 1 atom stereocenters. The van der Waals surface area contributed by atoms with Gasteiger partial charge in [0.05, 0.1) is 0 Å². The highest BCUT2D eigenvalue weighted by molar-refractivity contribution is 5.85. The first-order chi connectivity index (χ1) is 4.04. The number of hydrogen-bond acceptors (Lipinski definition) is 3. The monoisotopic (exact) mass is 169 g/mol. The molecule has 0 aliphatic heterocycles. The van der Waals surface area contributed by atoms with Crippen molar-refractivity contribution in [1.29, 1.82) is 0 Å². The Hall–Kier alpha value is -0.320. The van der Waals surface area contributed by atoms with Crippen molar-refractivity contribution < 1.29 is 15.0 Å². The largest absolute Gasteiger partial charge is 0.479 e. The predicted octanol–water partition coefficient (Wildman–Crippen LogP) is -0.585. The molecule has 0 bridgehead atoms. The van der Waals surface area contributed by atoms with Crippen molar-refractivity contribution in [3.63, 3.8) is 0 Å². The lowest BCUT2D eigenvalue weighted by molar-refractivity contribution is -0.147. The zero-order valence-corrected chi connectivity index (χ0v) is 6.76. The molecule has 2 N–H and O–H groups in total. The van der Waals surface area contributed by atoms with Gasteiger partial charge in [0.2, 0.25) is 0 Å². The fraction of sp³-hybridized carbons (Fsp3) is 0.800. The Kier molecular flexibility index (Phi) is 6.76. The van der Waals surface area contributed by atoms with Crippen molar-refractivity contribution in [1.82, 2.24) is 4.90 Å². The maximum atomic E-state index is 9.96. The Morgan fingerprint density at radius 2 is 2.00 bits per heavy atom. The third kappa shape index (κ3) is 5.81. The van der Waals surface area contributed by atoms with Gasteiger partial charge in [-0.25, -0.2) is 4.79 Å². The lowest BCUT2D eigenvalue weighted by atomic mass is 10.3. The van der Waals surface area contributed by atoms with Gasteiger partial charge in [-0.05, 0) is 14.1 Å². The van der Waals surface area contributed by atoms with E-state index in [1.54, 1.807) is 19.0 Å². The third-order valence-electron chi connectivity index (χ3n) is 0.823. The number of carboxylic acid groups (broad SMARTS) is 1. The van der Waals surface area contributed by atoms with Gasteiger partial charge in [-0.15, -0.1) is 12.4 Å². The van der Waals surface area contributed by atoms with Crippen molar-refractivity contribution in [2.45, 2.75) is 6.10 Å². The summed E-state index contributed by atoms with van der Waals surface area (Å²) >= 11 is 0. The van der Waals surface area contributed by atoms with E-state index in [4.69, 9.17) is 10.2 Å². The maximum Gasteiger partial charge on any atom is 0.333 e. The molecule has 0 aromatic rings. The number of aliphatic hydroxyl groups excluding tert-OH is 1. The Morgan fingerprint density at radius 1 is 1.60 bits per heavy atom. The van der Waals surface area contributed by atoms with Crippen molar-refractivity contribution in [3.8, 4) is 0 Å². The minimum Gasteiger partial charge on any atom is -0.479 e. The van der Waals surface area contributed by atoms with Crippen molar-refractivity contribution in [2.24, 2.45) is 0 Å². The second-order valence-electron chi connectivity index (χ2n) is 2.12. The standard InChI is InChI=1S/C5H11NO3.ClH/c1-6(2)3-4(7)5(8)9;/h4,7H,3H2,1-2H3,(H,8,9);1H. The number of carboxylic acids is 1. The molecular formula is C5H12ClNO3. The fourth-order valence-corrected chi connectivity index (χ4v) is 0.424. The number of rotatable bonds is 3. The van der Waals surface area contributed by atoms with Gasteiger partial charge in [0.25, 0.3) is 0 Å². The number of nitrogens with zero attached hydrogens (tertiary/aromatic N) is 1. The molecule has 0 aromatic carbocycles. The highest BCUT2D eigenvalue weighted by Gasteiger charge is 2.12. The van der Waals surface area contributed by atoms with E-state index >= 15 is 0 Å². The number of halogens is 1. The first-order valence-electron chi connectivity index (χ1n) is 2.59. The van der Waals surface area contributed by atoms with Crippen LogP contribution < -0.4 is 0 Å². The summed E-state index contributed by atoms with van der Waals surface area (Å²) < 4.78 is 0. The minimum absolute atomic E-state index is 0. The zero-order chi connectivity index (χ0) is 7.44. The summed E-state index contributed by atoms with van der Waals surface area (Å²) in [5, 5.41) is 16.8. The molecule has 4 nitrogen and oxygen atoms in total. The fourth-order valence-electron chi connectivity index (χ4n) is 0.424. The van der Waals surface area contributed by atoms with Gasteiger partial charge in [-0.3, -0.25) is 0 Å². The summed E-state index contributed by atoms with van der Waals surface area (Å²) in [5.41, 5.74) is 0. The third-order valence-corrected chi connectivity index (χ3v) is 0.823. The summed E-state index contributed by atoms with van der Waals surface area (Å²) in [5.74, 6) is -1.18. The van der Waals surface area contributed by atoms with Gasteiger partial charge >= 0.3 is 5.97 Å². The molecule has 0 saturated heterocycles. The van der Waals surface area contributed by atoms with Crippen molar-refractivity contribution in [3.05, 3.63) is 0 Å². The van der Waals surface area contributed by atoms with Crippen LogP contribution in [0.5, 0.6) is 0 Å². The Morgan fingerprint density at radius 3 is 2.10 bits per heavy atom. The SMILES string of the molecule is CN(C)CC(O)C(=O)O.Cl. The van der Waals surface area contributed by atoms with Crippen LogP contribution in [0, 0.1) is 0 Å². The second-order valence-corrected chi connectivity index (χ2v) is 2.12.